The zero-order chi connectivity index (χ0) is 18.0. The van der Waals surface area contributed by atoms with Crippen LogP contribution in [0.4, 0.5) is 5.13 Å². The molecule has 0 aliphatic heterocycles. The lowest BCUT2D eigenvalue weighted by Crippen LogP contribution is -2.11. The molecule has 3 aromatic rings. The largest absolute Gasteiger partial charge is 0.497 e. The number of carboxylic acid groups (broad SMARTS) is 1. The number of nitrogens with one attached hydrogen (secondary N) is 1. The van der Waals surface area contributed by atoms with Crippen LogP contribution in [-0.4, -0.2) is 34.2 Å². The molecule has 0 aliphatic rings. The fourth-order valence-electron chi connectivity index (χ4n) is 2.08. The van der Waals surface area contributed by atoms with Crippen LogP contribution in [0.1, 0.15) is 25.9 Å². The lowest BCUT2D eigenvalue weighted by Gasteiger charge is -1.99. The van der Waals surface area contributed by atoms with Gasteiger partial charge in [0.1, 0.15) is 10.6 Å². The summed E-state index contributed by atoms with van der Waals surface area (Å²) in [4.78, 5) is 27.3. The van der Waals surface area contributed by atoms with E-state index in [1.165, 1.54) is 6.07 Å². The summed E-state index contributed by atoms with van der Waals surface area (Å²) < 4.78 is 10.3. The zero-order valence-corrected chi connectivity index (χ0v) is 14.1. The number of aromatic nitrogens is 2. The molecule has 128 valence electrons. The van der Waals surface area contributed by atoms with Crippen molar-refractivity contribution in [2.24, 2.45) is 0 Å². The standard InChI is InChI=1S/C16H13N3O5S/c1-8-13(15(21)22)25-16(17-8)18-14(20)11-7-12(24-19-11)9-3-5-10(23-2)6-4-9/h3-7H,1-2H3,(H,21,22)(H,17,18,20). The van der Waals surface area contributed by atoms with E-state index in [4.69, 9.17) is 14.4 Å². The molecule has 0 unspecified atom stereocenters. The maximum Gasteiger partial charge on any atom is 0.347 e. The van der Waals surface area contributed by atoms with E-state index in [1.807, 2.05) is 0 Å². The van der Waals surface area contributed by atoms with Gasteiger partial charge in [-0.15, -0.1) is 0 Å². The van der Waals surface area contributed by atoms with Crippen LogP contribution >= 0.6 is 11.3 Å². The van der Waals surface area contributed by atoms with Crippen molar-refractivity contribution in [2.45, 2.75) is 6.92 Å². The Kier molecular flexibility index (Phi) is 4.48. The Hall–Kier alpha value is -3.20. The van der Waals surface area contributed by atoms with E-state index >= 15 is 0 Å². The minimum Gasteiger partial charge on any atom is -0.497 e. The van der Waals surface area contributed by atoms with Gasteiger partial charge in [-0.05, 0) is 31.2 Å². The number of methoxy groups -OCH3 is 1. The highest BCUT2D eigenvalue weighted by Gasteiger charge is 2.18. The second kappa shape index (κ2) is 6.73. The van der Waals surface area contributed by atoms with Crippen LogP contribution in [0.25, 0.3) is 11.3 Å². The summed E-state index contributed by atoms with van der Waals surface area (Å²) in [5.74, 6) is -0.489. The Balaban J connectivity index is 1.76. The van der Waals surface area contributed by atoms with Crippen molar-refractivity contribution in [1.82, 2.24) is 10.1 Å². The number of hydrogen-bond donors (Lipinski definition) is 2. The predicted molar refractivity (Wildman–Crippen MR) is 90.3 cm³/mol. The van der Waals surface area contributed by atoms with Crippen molar-refractivity contribution in [3.8, 4) is 17.1 Å². The topological polar surface area (TPSA) is 115 Å². The van der Waals surface area contributed by atoms with Gasteiger partial charge in [-0.3, -0.25) is 10.1 Å². The highest BCUT2D eigenvalue weighted by molar-refractivity contribution is 7.17. The maximum absolute atomic E-state index is 12.2. The van der Waals surface area contributed by atoms with Gasteiger partial charge in [0.15, 0.2) is 16.6 Å². The molecule has 0 atom stereocenters. The SMILES string of the molecule is COc1ccc(-c2cc(C(=O)Nc3nc(C)c(C(=O)O)s3)no2)cc1. The Morgan fingerprint density at radius 1 is 1.28 bits per heavy atom. The van der Waals surface area contributed by atoms with E-state index in [0.29, 0.717) is 17.2 Å². The van der Waals surface area contributed by atoms with Gasteiger partial charge in [-0.2, -0.15) is 0 Å². The first kappa shape index (κ1) is 16.7. The molecule has 0 saturated heterocycles. The van der Waals surface area contributed by atoms with E-state index < -0.39 is 11.9 Å². The summed E-state index contributed by atoms with van der Waals surface area (Å²) in [6.07, 6.45) is 0. The van der Waals surface area contributed by atoms with Crippen LogP contribution in [0.5, 0.6) is 5.75 Å². The molecule has 0 aliphatic carbocycles. The Bertz CT molecular complexity index is 930. The second-order valence-electron chi connectivity index (χ2n) is 5.00. The van der Waals surface area contributed by atoms with E-state index in [1.54, 1.807) is 38.3 Å². The van der Waals surface area contributed by atoms with Crippen molar-refractivity contribution < 1.29 is 24.0 Å². The molecule has 0 spiro atoms. The third-order valence-corrected chi connectivity index (χ3v) is 4.39. The van der Waals surface area contributed by atoms with Gasteiger partial charge in [0.2, 0.25) is 0 Å². The number of ether oxygens (including phenoxy) is 1. The molecule has 0 saturated carbocycles. The molecule has 2 heterocycles. The number of benzene rings is 1. The molecular formula is C16H13N3O5S. The lowest BCUT2D eigenvalue weighted by molar-refractivity contribution is 0.0701. The molecule has 1 amide bonds. The van der Waals surface area contributed by atoms with E-state index in [9.17, 15) is 9.59 Å². The monoisotopic (exact) mass is 359 g/mol. The molecule has 1 aromatic carbocycles. The van der Waals surface area contributed by atoms with Crippen LogP contribution in [0, 0.1) is 6.92 Å². The predicted octanol–water partition coefficient (Wildman–Crippen LogP) is 3.07. The number of thiazole rings is 1. The molecule has 8 nitrogen and oxygen atoms in total. The van der Waals surface area contributed by atoms with Crippen LogP contribution in [0.2, 0.25) is 0 Å². The van der Waals surface area contributed by atoms with Gasteiger partial charge in [-0.1, -0.05) is 16.5 Å². The first-order valence-corrected chi connectivity index (χ1v) is 7.93. The number of carboxylic acids is 1. The molecule has 0 bridgehead atoms. The molecule has 25 heavy (non-hydrogen) atoms. The van der Waals surface area contributed by atoms with Gasteiger partial charge in [0, 0.05) is 11.6 Å². The summed E-state index contributed by atoms with van der Waals surface area (Å²) in [6.45, 7) is 1.56. The van der Waals surface area contributed by atoms with Gasteiger partial charge in [-0.25, -0.2) is 9.78 Å². The number of aromatic carboxylic acids is 1. The summed E-state index contributed by atoms with van der Waals surface area (Å²) in [7, 11) is 1.57. The number of anilines is 1. The van der Waals surface area contributed by atoms with Crippen molar-refractivity contribution in [3.05, 3.63) is 46.6 Å². The minimum atomic E-state index is -1.08. The van der Waals surface area contributed by atoms with E-state index in [-0.39, 0.29) is 15.7 Å². The fraction of sp³-hybridized carbons (Fsp3) is 0.125. The van der Waals surface area contributed by atoms with Gasteiger partial charge < -0.3 is 14.4 Å². The number of nitrogens with zero attached hydrogens (tertiary/aromatic N) is 2. The van der Waals surface area contributed by atoms with Crippen LogP contribution in [-0.2, 0) is 0 Å². The number of hydrogen-bond acceptors (Lipinski definition) is 7. The maximum atomic E-state index is 12.2. The second-order valence-corrected chi connectivity index (χ2v) is 6.00. The number of carbonyl (C=O) groups is 2. The summed E-state index contributed by atoms with van der Waals surface area (Å²) >= 11 is 0.883. The van der Waals surface area contributed by atoms with Crippen molar-refractivity contribution >= 4 is 28.3 Å². The number of aryl methyl sites for hydroxylation is 1. The first-order chi connectivity index (χ1) is 12.0. The van der Waals surface area contributed by atoms with Crippen LogP contribution in [0.15, 0.2) is 34.9 Å². The highest BCUT2D eigenvalue weighted by atomic mass is 32.1. The van der Waals surface area contributed by atoms with Crippen molar-refractivity contribution in [3.63, 3.8) is 0 Å². The van der Waals surface area contributed by atoms with Gasteiger partial charge >= 0.3 is 5.97 Å². The summed E-state index contributed by atoms with van der Waals surface area (Å²) in [6, 6.07) is 8.59. The number of rotatable bonds is 5. The molecule has 0 radical (unpaired) electrons. The quantitative estimate of drug-likeness (QED) is 0.719. The average Bonchev–Trinajstić information content (AvgIpc) is 3.22. The summed E-state index contributed by atoms with van der Waals surface area (Å²) in [5, 5.41) is 15.5. The third-order valence-electron chi connectivity index (χ3n) is 3.33. The zero-order valence-electron chi connectivity index (χ0n) is 13.3. The van der Waals surface area contributed by atoms with Gasteiger partial charge in [0.25, 0.3) is 5.91 Å². The molecule has 0 fully saturated rings. The third kappa shape index (κ3) is 3.50. The molecule has 9 heteroatoms. The Morgan fingerprint density at radius 3 is 2.60 bits per heavy atom. The van der Waals surface area contributed by atoms with Crippen molar-refractivity contribution in [2.75, 3.05) is 12.4 Å². The van der Waals surface area contributed by atoms with Crippen LogP contribution < -0.4 is 10.1 Å². The smallest absolute Gasteiger partial charge is 0.347 e. The molecule has 2 aromatic heterocycles. The van der Waals surface area contributed by atoms with Crippen LogP contribution in [0.3, 0.4) is 0 Å². The van der Waals surface area contributed by atoms with E-state index in [0.717, 1.165) is 16.9 Å². The number of carbonyl (C=O) groups excluding carboxylic acids is 1. The molecule has 2 N–H and O–H groups in total. The fourth-order valence-corrected chi connectivity index (χ4v) is 2.88. The first-order valence-electron chi connectivity index (χ1n) is 7.11. The normalized spacial score (nSPS) is 10.5. The highest BCUT2D eigenvalue weighted by Crippen LogP contribution is 2.25. The van der Waals surface area contributed by atoms with E-state index in [2.05, 4.69) is 15.5 Å². The van der Waals surface area contributed by atoms with Gasteiger partial charge in [0.05, 0.1) is 12.8 Å². The Labute approximate surface area is 146 Å². The number of amides is 1. The van der Waals surface area contributed by atoms with Crippen molar-refractivity contribution in [1.29, 1.82) is 0 Å². The Morgan fingerprint density at radius 2 is 2.00 bits per heavy atom. The minimum absolute atomic E-state index is 0.0653. The average molecular weight is 359 g/mol. The lowest BCUT2D eigenvalue weighted by atomic mass is 10.1. The summed E-state index contributed by atoms with van der Waals surface area (Å²) in [5.41, 5.74) is 1.15. The molecular weight excluding hydrogens is 346 g/mol. The molecule has 3 rings (SSSR count).